The van der Waals surface area contributed by atoms with Crippen LogP contribution in [0.25, 0.3) is 0 Å². The van der Waals surface area contributed by atoms with Crippen molar-refractivity contribution in [1.82, 2.24) is 0 Å². The Balaban J connectivity index is 3.12. The van der Waals surface area contributed by atoms with Crippen LogP contribution in [0, 0.1) is 0 Å². The molecule has 1 aliphatic rings. The molecule has 0 saturated carbocycles. The number of carbonyl (C=O) groups excluding carboxylic acids is 1. The van der Waals surface area contributed by atoms with Crippen molar-refractivity contribution in [2.24, 2.45) is 0 Å². The molecule has 0 unspecified atom stereocenters. The van der Waals surface area contributed by atoms with Crippen molar-refractivity contribution in [3.8, 4) is 0 Å². The van der Waals surface area contributed by atoms with Gasteiger partial charge in [-0.05, 0) is 13.8 Å². The van der Waals surface area contributed by atoms with E-state index in [9.17, 15) is 13.2 Å². The van der Waals surface area contributed by atoms with E-state index in [0.29, 0.717) is 0 Å². The SMILES string of the molecule is CC1(C)CC(=O)CS1(=O)=O. The highest BCUT2D eigenvalue weighted by atomic mass is 32.2. The zero-order valence-corrected chi connectivity index (χ0v) is 6.86. The van der Waals surface area contributed by atoms with Crippen LogP contribution in [-0.4, -0.2) is 24.7 Å². The van der Waals surface area contributed by atoms with Crippen LogP contribution in [0.15, 0.2) is 0 Å². The van der Waals surface area contributed by atoms with Gasteiger partial charge in [0.25, 0.3) is 0 Å². The van der Waals surface area contributed by atoms with Crippen LogP contribution in [-0.2, 0) is 14.6 Å². The van der Waals surface area contributed by atoms with Gasteiger partial charge in [0, 0.05) is 6.42 Å². The third-order valence-corrected chi connectivity index (χ3v) is 4.35. The molecule has 0 atom stereocenters. The van der Waals surface area contributed by atoms with Crippen LogP contribution in [0.3, 0.4) is 0 Å². The van der Waals surface area contributed by atoms with Crippen LogP contribution in [0.1, 0.15) is 20.3 Å². The van der Waals surface area contributed by atoms with E-state index in [0.717, 1.165) is 0 Å². The van der Waals surface area contributed by atoms with Gasteiger partial charge in [-0.15, -0.1) is 0 Å². The Labute approximate surface area is 60.3 Å². The second-order valence-electron chi connectivity index (χ2n) is 3.23. The van der Waals surface area contributed by atoms with Gasteiger partial charge in [0.1, 0.15) is 11.5 Å². The summed E-state index contributed by atoms with van der Waals surface area (Å²) in [5, 5.41) is 0. The Morgan fingerprint density at radius 2 is 1.90 bits per heavy atom. The number of ketones is 1. The van der Waals surface area contributed by atoms with Gasteiger partial charge in [-0.3, -0.25) is 4.79 Å². The topological polar surface area (TPSA) is 51.2 Å². The van der Waals surface area contributed by atoms with Crippen LogP contribution in [0.2, 0.25) is 0 Å². The number of hydrogen-bond donors (Lipinski definition) is 0. The molecule has 4 heteroatoms. The van der Waals surface area contributed by atoms with Gasteiger partial charge in [0.15, 0.2) is 9.84 Å². The minimum absolute atomic E-state index is 0.162. The number of hydrogen-bond acceptors (Lipinski definition) is 3. The molecular weight excluding hydrogens is 152 g/mol. The van der Waals surface area contributed by atoms with Gasteiger partial charge < -0.3 is 0 Å². The third-order valence-electron chi connectivity index (χ3n) is 1.82. The lowest BCUT2D eigenvalue weighted by Gasteiger charge is -2.13. The Hall–Kier alpha value is -0.380. The Morgan fingerprint density at radius 1 is 1.40 bits per heavy atom. The summed E-state index contributed by atoms with van der Waals surface area (Å²) in [6.07, 6.45) is 0.176. The maximum Gasteiger partial charge on any atom is 0.162 e. The van der Waals surface area contributed by atoms with Gasteiger partial charge in [0.05, 0.1) is 4.75 Å². The molecular formula is C6H10O3S. The number of Topliss-reactive ketones (excluding diaryl/α,β-unsaturated/α-hetero) is 1. The molecule has 0 radical (unpaired) electrons. The fourth-order valence-corrected chi connectivity index (χ4v) is 2.34. The first-order valence-electron chi connectivity index (χ1n) is 3.09. The smallest absolute Gasteiger partial charge is 0.162 e. The summed E-state index contributed by atoms with van der Waals surface area (Å²) in [5.41, 5.74) is 0. The first kappa shape index (κ1) is 7.72. The second kappa shape index (κ2) is 1.81. The normalized spacial score (nSPS) is 28.8. The van der Waals surface area contributed by atoms with E-state index < -0.39 is 14.6 Å². The molecule has 1 heterocycles. The average molecular weight is 162 g/mol. The van der Waals surface area contributed by atoms with Gasteiger partial charge in [0.2, 0.25) is 0 Å². The summed E-state index contributed by atoms with van der Waals surface area (Å²) in [6.45, 7) is 3.18. The van der Waals surface area contributed by atoms with Crippen molar-refractivity contribution in [2.75, 3.05) is 5.75 Å². The molecule has 1 saturated heterocycles. The zero-order chi connectivity index (χ0) is 7.99. The van der Waals surface area contributed by atoms with Crippen molar-refractivity contribution in [2.45, 2.75) is 25.0 Å². The average Bonchev–Trinajstić information content (AvgIpc) is 1.73. The minimum Gasteiger partial charge on any atom is -0.299 e. The van der Waals surface area contributed by atoms with Crippen molar-refractivity contribution in [3.05, 3.63) is 0 Å². The highest BCUT2D eigenvalue weighted by molar-refractivity contribution is 7.94. The predicted molar refractivity (Wildman–Crippen MR) is 37.5 cm³/mol. The van der Waals surface area contributed by atoms with E-state index >= 15 is 0 Å². The van der Waals surface area contributed by atoms with Crippen LogP contribution in [0.5, 0.6) is 0 Å². The number of rotatable bonds is 0. The predicted octanol–water partition coefficient (Wildman–Crippen LogP) is 0.153. The lowest BCUT2D eigenvalue weighted by molar-refractivity contribution is -0.116. The summed E-state index contributed by atoms with van der Waals surface area (Å²) in [7, 11) is -3.12. The van der Waals surface area contributed by atoms with E-state index in [4.69, 9.17) is 0 Å². The molecule has 0 aromatic carbocycles. The first-order valence-corrected chi connectivity index (χ1v) is 4.74. The summed E-state index contributed by atoms with van der Waals surface area (Å²) < 4.78 is 21.3. The van der Waals surface area contributed by atoms with Crippen LogP contribution < -0.4 is 0 Å². The summed E-state index contributed by atoms with van der Waals surface area (Å²) in [5.74, 6) is -0.426. The van der Waals surface area contributed by atoms with Crippen LogP contribution >= 0.6 is 0 Å². The lowest BCUT2D eigenvalue weighted by atomic mass is 10.1. The molecule has 0 bridgehead atoms. The molecule has 0 N–H and O–H groups in total. The number of carbonyl (C=O) groups is 1. The summed E-state index contributed by atoms with van der Waals surface area (Å²) >= 11 is 0. The Kier molecular flexibility index (Phi) is 1.40. The van der Waals surface area contributed by atoms with Crippen LogP contribution in [0.4, 0.5) is 0 Å². The quantitative estimate of drug-likeness (QED) is 0.509. The largest absolute Gasteiger partial charge is 0.299 e. The van der Waals surface area contributed by atoms with E-state index in [1.165, 1.54) is 0 Å². The highest BCUT2D eigenvalue weighted by Crippen LogP contribution is 2.28. The van der Waals surface area contributed by atoms with Gasteiger partial charge in [-0.25, -0.2) is 8.42 Å². The molecule has 58 valence electrons. The Bertz CT molecular complexity index is 261. The van der Waals surface area contributed by atoms with Crippen molar-refractivity contribution in [1.29, 1.82) is 0 Å². The molecule has 0 aromatic rings. The molecule has 0 spiro atoms. The molecule has 3 nitrogen and oxygen atoms in total. The molecule has 1 rings (SSSR count). The number of sulfone groups is 1. The lowest BCUT2D eigenvalue weighted by Crippen LogP contribution is -2.26. The fraction of sp³-hybridized carbons (Fsp3) is 0.833. The Morgan fingerprint density at radius 3 is 2.00 bits per heavy atom. The highest BCUT2D eigenvalue weighted by Gasteiger charge is 2.44. The minimum atomic E-state index is -3.12. The molecule has 1 fully saturated rings. The molecule has 0 aliphatic carbocycles. The van der Waals surface area contributed by atoms with Crippen molar-refractivity contribution < 1.29 is 13.2 Å². The van der Waals surface area contributed by atoms with Gasteiger partial charge in [-0.1, -0.05) is 0 Å². The summed E-state index contributed by atoms with van der Waals surface area (Å²) in [4.78, 5) is 10.7. The van der Waals surface area contributed by atoms with E-state index in [2.05, 4.69) is 0 Å². The molecule has 0 amide bonds. The van der Waals surface area contributed by atoms with Crippen molar-refractivity contribution in [3.63, 3.8) is 0 Å². The van der Waals surface area contributed by atoms with Crippen molar-refractivity contribution >= 4 is 15.6 Å². The van der Waals surface area contributed by atoms with E-state index in [1.54, 1.807) is 13.8 Å². The summed E-state index contributed by atoms with van der Waals surface area (Å²) in [6, 6.07) is 0. The molecule has 10 heavy (non-hydrogen) atoms. The maximum absolute atomic E-state index is 11.1. The standard InChI is InChI=1S/C6H10O3S/c1-6(2)3-5(7)4-10(6,8)9/h3-4H2,1-2H3. The van der Waals surface area contributed by atoms with Gasteiger partial charge >= 0.3 is 0 Å². The molecule has 0 aromatic heterocycles. The second-order valence-corrected chi connectivity index (χ2v) is 5.86. The van der Waals surface area contributed by atoms with Gasteiger partial charge in [-0.2, -0.15) is 0 Å². The zero-order valence-electron chi connectivity index (χ0n) is 6.05. The van der Waals surface area contributed by atoms with E-state index in [-0.39, 0.29) is 18.0 Å². The maximum atomic E-state index is 11.1. The third kappa shape index (κ3) is 0.963. The first-order chi connectivity index (χ1) is 4.35. The van der Waals surface area contributed by atoms with E-state index in [1.807, 2.05) is 0 Å². The molecule has 1 aliphatic heterocycles. The fourth-order valence-electron chi connectivity index (χ4n) is 1.04. The monoisotopic (exact) mass is 162 g/mol.